The van der Waals surface area contributed by atoms with E-state index in [9.17, 15) is 4.79 Å². The topological polar surface area (TPSA) is 62.0 Å². The number of hydrogen-bond acceptors (Lipinski definition) is 5. The monoisotopic (exact) mass is 448 g/mol. The predicted molar refractivity (Wildman–Crippen MR) is 126 cm³/mol. The summed E-state index contributed by atoms with van der Waals surface area (Å²) in [4.78, 5) is 17.9. The summed E-state index contributed by atoms with van der Waals surface area (Å²) >= 11 is 1.46. The third kappa shape index (κ3) is 5.07. The van der Waals surface area contributed by atoms with Gasteiger partial charge >= 0.3 is 0 Å². The van der Waals surface area contributed by atoms with Crippen molar-refractivity contribution in [3.63, 3.8) is 0 Å². The average Bonchev–Trinajstić information content (AvgIpc) is 3.15. The van der Waals surface area contributed by atoms with Crippen LogP contribution in [0.1, 0.15) is 17.3 Å². The molecule has 0 bridgehead atoms. The van der Waals surface area contributed by atoms with E-state index in [0.717, 1.165) is 21.7 Å². The number of fused-ring (bicyclic) bond motifs is 1. The first-order chi connectivity index (χ1) is 15.7. The lowest BCUT2D eigenvalue weighted by Gasteiger charge is -2.06. The molecule has 4 rings (SSSR count). The summed E-state index contributed by atoms with van der Waals surface area (Å²) in [7, 11) is 1.66. The van der Waals surface area contributed by atoms with E-state index in [0.29, 0.717) is 35.9 Å². The van der Waals surface area contributed by atoms with Crippen LogP contribution in [0.25, 0.3) is 10.2 Å². The normalized spacial score (nSPS) is 11.6. The van der Waals surface area contributed by atoms with Crippen molar-refractivity contribution in [3.05, 3.63) is 83.2 Å². The Morgan fingerprint density at radius 1 is 0.969 bits per heavy atom. The van der Waals surface area contributed by atoms with Gasteiger partial charge in [-0.3, -0.25) is 4.79 Å². The zero-order chi connectivity index (χ0) is 22.3. The van der Waals surface area contributed by atoms with Crippen molar-refractivity contribution in [2.24, 2.45) is 4.99 Å². The van der Waals surface area contributed by atoms with Gasteiger partial charge in [0.25, 0.3) is 5.91 Å². The highest BCUT2D eigenvalue weighted by molar-refractivity contribution is 7.16. The van der Waals surface area contributed by atoms with Gasteiger partial charge in [-0.05, 0) is 61.5 Å². The molecule has 0 aliphatic carbocycles. The second kappa shape index (κ2) is 10.3. The van der Waals surface area contributed by atoms with E-state index in [2.05, 4.69) is 4.99 Å². The number of amides is 1. The molecule has 6 nitrogen and oxygen atoms in total. The molecule has 0 N–H and O–H groups in total. The van der Waals surface area contributed by atoms with Crippen LogP contribution in [0.5, 0.6) is 17.2 Å². The van der Waals surface area contributed by atoms with E-state index in [4.69, 9.17) is 14.2 Å². The van der Waals surface area contributed by atoms with Gasteiger partial charge in [0.2, 0.25) is 0 Å². The second-order valence-electron chi connectivity index (χ2n) is 6.95. The maximum absolute atomic E-state index is 12.9. The molecule has 0 radical (unpaired) electrons. The van der Waals surface area contributed by atoms with E-state index in [1.54, 1.807) is 31.4 Å². The summed E-state index contributed by atoms with van der Waals surface area (Å²) in [6, 6.07) is 22.4. The number of nitrogens with zero attached hydrogens (tertiary/aromatic N) is 2. The number of rotatable bonds is 8. The Labute approximate surface area is 190 Å². The molecule has 4 aromatic rings. The van der Waals surface area contributed by atoms with Crippen LogP contribution in [0.3, 0.4) is 0 Å². The van der Waals surface area contributed by atoms with Crippen LogP contribution in [-0.4, -0.2) is 30.8 Å². The number of carbonyl (C=O) groups is 1. The highest BCUT2D eigenvalue weighted by Gasteiger charge is 2.11. The number of thiazole rings is 1. The molecule has 0 saturated heterocycles. The largest absolute Gasteiger partial charge is 0.494 e. The molecule has 1 aromatic heterocycles. The Morgan fingerprint density at radius 3 is 2.41 bits per heavy atom. The number of carbonyl (C=O) groups excluding carboxylic acids is 1. The van der Waals surface area contributed by atoms with E-state index in [1.807, 2.05) is 60.0 Å². The lowest BCUT2D eigenvalue weighted by Crippen LogP contribution is -2.19. The predicted octanol–water partition coefficient (Wildman–Crippen LogP) is 5.28. The van der Waals surface area contributed by atoms with Crippen LogP contribution in [-0.2, 0) is 11.3 Å². The average molecular weight is 449 g/mol. The van der Waals surface area contributed by atoms with E-state index in [-0.39, 0.29) is 5.91 Å². The Bertz CT molecular complexity index is 1260. The van der Waals surface area contributed by atoms with Crippen molar-refractivity contribution in [2.45, 2.75) is 13.5 Å². The minimum absolute atomic E-state index is 0.306. The lowest BCUT2D eigenvalue weighted by molar-refractivity contribution is 0.0997. The van der Waals surface area contributed by atoms with Gasteiger partial charge in [0.1, 0.15) is 17.2 Å². The lowest BCUT2D eigenvalue weighted by atomic mass is 10.2. The molecule has 7 heteroatoms. The van der Waals surface area contributed by atoms with Crippen molar-refractivity contribution in [3.8, 4) is 17.2 Å². The molecule has 1 amide bonds. The van der Waals surface area contributed by atoms with Crippen LogP contribution in [0.2, 0.25) is 0 Å². The fourth-order valence-electron chi connectivity index (χ4n) is 3.24. The third-order valence-corrected chi connectivity index (χ3v) is 5.80. The third-order valence-electron chi connectivity index (χ3n) is 4.76. The molecular weight excluding hydrogens is 424 g/mol. The van der Waals surface area contributed by atoms with Gasteiger partial charge in [-0.15, -0.1) is 0 Å². The standard InChI is InChI=1S/C25H24N2O4S/c1-3-30-21-13-14-22-23(17-21)32-25(27(22)15-16-29-2)26-24(28)18-9-11-20(12-10-18)31-19-7-5-4-6-8-19/h4-14,17H,3,15-16H2,1-2H3. The van der Waals surface area contributed by atoms with Crippen LogP contribution >= 0.6 is 11.3 Å². The first-order valence-electron chi connectivity index (χ1n) is 10.3. The van der Waals surface area contributed by atoms with Crippen LogP contribution in [0.4, 0.5) is 0 Å². The van der Waals surface area contributed by atoms with E-state index >= 15 is 0 Å². The van der Waals surface area contributed by atoms with E-state index in [1.165, 1.54) is 11.3 Å². The van der Waals surface area contributed by atoms with Gasteiger partial charge in [-0.1, -0.05) is 29.5 Å². The Hall–Kier alpha value is -3.42. The zero-order valence-corrected chi connectivity index (χ0v) is 18.8. The van der Waals surface area contributed by atoms with Crippen molar-refractivity contribution in [1.82, 2.24) is 4.57 Å². The molecule has 0 spiro atoms. The number of para-hydroxylation sites is 1. The Balaban J connectivity index is 1.62. The summed E-state index contributed by atoms with van der Waals surface area (Å²) < 4.78 is 19.7. The van der Waals surface area contributed by atoms with Crippen LogP contribution in [0, 0.1) is 0 Å². The second-order valence-corrected chi connectivity index (χ2v) is 7.96. The zero-order valence-electron chi connectivity index (χ0n) is 18.0. The van der Waals surface area contributed by atoms with Gasteiger partial charge in [0.15, 0.2) is 4.80 Å². The summed E-state index contributed by atoms with van der Waals surface area (Å²) in [5.74, 6) is 1.89. The molecule has 0 atom stereocenters. The molecule has 0 fully saturated rings. The Kier molecular flexibility index (Phi) is 6.99. The minimum atomic E-state index is -0.306. The number of methoxy groups -OCH3 is 1. The molecular formula is C25H24N2O4S. The van der Waals surface area contributed by atoms with Crippen LogP contribution in [0.15, 0.2) is 77.8 Å². The molecule has 164 valence electrons. The SMILES string of the molecule is CCOc1ccc2c(c1)sc(=NC(=O)c1ccc(Oc3ccccc3)cc1)n2CCOC. The van der Waals surface area contributed by atoms with Gasteiger partial charge in [0.05, 0.1) is 23.4 Å². The van der Waals surface area contributed by atoms with Gasteiger partial charge in [0, 0.05) is 19.2 Å². The van der Waals surface area contributed by atoms with Gasteiger partial charge < -0.3 is 18.8 Å². The fourth-order valence-corrected chi connectivity index (χ4v) is 4.32. The highest BCUT2D eigenvalue weighted by Crippen LogP contribution is 2.24. The highest BCUT2D eigenvalue weighted by atomic mass is 32.1. The molecule has 3 aromatic carbocycles. The van der Waals surface area contributed by atoms with Crippen LogP contribution < -0.4 is 14.3 Å². The smallest absolute Gasteiger partial charge is 0.279 e. The Morgan fingerprint density at radius 2 is 1.69 bits per heavy atom. The molecule has 0 aliphatic rings. The number of benzene rings is 3. The number of aromatic nitrogens is 1. The summed E-state index contributed by atoms with van der Waals surface area (Å²) in [5.41, 5.74) is 1.49. The molecule has 1 heterocycles. The minimum Gasteiger partial charge on any atom is -0.494 e. The molecule has 32 heavy (non-hydrogen) atoms. The summed E-state index contributed by atoms with van der Waals surface area (Å²) in [6.07, 6.45) is 0. The maximum Gasteiger partial charge on any atom is 0.279 e. The van der Waals surface area contributed by atoms with E-state index < -0.39 is 0 Å². The summed E-state index contributed by atoms with van der Waals surface area (Å²) in [5, 5.41) is 0. The maximum atomic E-state index is 12.9. The quantitative estimate of drug-likeness (QED) is 0.368. The summed E-state index contributed by atoms with van der Waals surface area (Å²) in [6.45, 7) is 3.67. The van der Waals surface area contributed by atoms with Crippen molar-refractivity contribution < 1.29 is 19.0 Å². The molecule has 0 unspecified atom stereocenters. The fraction of sp³-hybridized carbons (Fsp3) is 0.200. The van der Waals surface area contributed by atoms with Crippen molar-refractivity contribution in [2.75, 3.05) is 20.3 Å². The first-order valence-corrected chi connectivity index (χ1v) is 11.2. The van der Waals surface area contributed by atoms with Crippen molar-refractivity contribution >= 4 is 27.5 Å². The van der Waals surface area contributed by atoms with Gasteiger partial charge in [-0.2, -0.15) is 4.99 Å². The number of ether oxygens (including phenoxy) is 3. The van der Waals surface area contributed by atoms with Gasteiger partial charge in [-0.25, -0.2) is 0 Å². The van der Waals surface area contributed by atoms with Crippen molar-refractivity contribution in [1.29, 1.82) is 0 Å². The number of hydrogen-bond donors (Lipinski definition) is 0. The first kappa shape index (κ1) is 21.8. The molecule has 0 aliphatic heterocycles. The molecule has 0 saturated carbocycles.